The lowest BCUT2D eigenvalue weighted by Gasteiger charge is -2.05. The Morgan fingerprint density at radius 3 is 2.63 bits per heavy atom. The van der Waals surface area contributed by atoms with E-state index in [1.807, 2.05) is 6.92 Å². The standard InChI is InChI=1S/C20H20N4O3/c1-3-10-21-19(26)17-16-9-4-5-11-24(16)18(23-17)20(27)22-15-8-6-7-14(12-15)13(2)25/h4-9,11-12H,3,10H2,1-2H3,(H,21,26)(H,22,27). The Kier molecular flexibility index (Phi) is 5.30. The summed E-state index contributed by atoms with van der Waals surface area (Å²) in [6.07, 6.45) is 2.48. The number of nitrogens with zero attached hydrogens (tertiary/aromatic N) is 2. The second kappa shape index (κ2) is 7.82. The van der Waals surface area contributed by atoms with E-state index in [2.05, 4.69) is 15.6 Å². The third-order valence-electron chi connectivity index (χ3n) is 4.03. The zero-order valence-corrected chi connectivity index (χ0v) is 15.2. The number of fused-ring (bicyclic) bond motifs is 1. The lowest BCUT2D eigenvalue weighted by Crippen LogP contribution is -2.24. The summed E-state index contributed by atoms with van der Waals surface area (Å²) < 4.78 is 1.57. The number of carbonyl (C=O) groups is 3. The van der Waals surface area contributed by atoms with Crippen molar-refractivity contribution in [1.82, 2.24) is 14.7 Å². The monoisotopic (exact) mass is 364 g/mol. The molecule has 3 aromatic rings. The topological polar surface area (TPSA) is 92.6 Å². The van der Waals surface area contributed by atoms with Gasteiger partial charge in [-0.15, -0.1) is 0 Å². The zero-order chi connectivity index (χ0) is 19.4. The van der Waals surface area contributed by atoms with Crippen molar-refractivity contribution in [3.05, 3.63) is 65.7 Å². The number of benzene rings is 1. The maximum Gasteiger partial charge on any atom is 0.292 e. The first kappa shape index (κ1) is 18.3. The number of anilines is 1. The molecule has 27 heavy (non-hydrogen) atoms. The number of nitrogens with one attached hydrogen (secondary N) is 2. The molecule has 0 aliphatic heterocycles. The van der Waals surface area contributed by atoms with Gasteiger partial charge in [-0.05, 0) is 37.6 Å². The molecule has 0 fully saturated rings. The predicted octanol–water partition coefficient (Wildman–Crippen LogP) is 2.93. The smallest absolute Gasteiger partial charge is 0.292 e. The second-order valence-corrected chi connectivity index (χ2v) is 6.09. The van der Waals surface area contributed by atoms with Crippen LogP contribution in [0.1, 0.15) is 51.7 Å². The van der Waals surface area contributed by atoms with Gasteiger partial charge in [0.2, 0.25) is 5.82 Å². The molecule has 0 bridgehead atoms. The first-order valence-electron chi connectivity index (χ1n) is 8.69. The van der Waals surface area contributed by atoms with E-state index in [1.165, 1.54) is 6.92 Å². The molecule has 2 N–H and O–H groups in total. The van der Waals surface area contributed by atoms with Crippen molar-refractivity contribution in [1.29, 1.82) is 0 Å². The molecular weight excluding hydrogens is 344 g/mol. The Labute approximate surface area is 156 Å². The fourth-order valence-corrected chi connectivity index (χ4v) is 2.69. The Morgan fingerprint density at radius 1 is 1.07 bits per heavy atom. The average Bonchev–Trinajstić information content (AvgIpc) is 3.06. The van der Waals surface area contributed by atoms with Gasteiger partial charge in [-0.2, -0.15) is 0 Å². The highest BCUT2D eigenvalue weighted by atomic mass is 16.2. The fourth-order valence-electron chi connectivity index (χ4n) is 2.69. The van der Waals surface area contributed by atoms with Crippen LogP contribution in [0.25, 0.3) is 5.52 Å². The normalized spacial score (nSPS) is 10.6. The molecule has 0 saturated carbocycles. The highest BCUT2D eigenvalue weighted by Crippen LogP contribution is 2.16. The van der Waals surface area contributed by atoms with Crippen LogP contribution >= 0.6 is 0 Å². The van der Waals surface area contributed by atoms with Crippen molar-refractivity contribution in [3.63, 3.8) is 0 Å². The number of carbonyl (C=O) groups excluding carboxylic acids is 3. The van der Waals surface area contributed by atoms with Crippen LogP contribution in [0.5, 0.6) is 0 Å². The van der Waals surface area contributed by atoms with Gasteiger partial charge in [-0.25, -0.2) is 4.98 Å². The van der Waals surface area contributed by atoms with Crippen LogP contribution in [-0.2, 0) is 0 Å². The summed E-state index contributed by atoms with van der Waals surface area (Å²) in [6, 6.07) is 11.9. The third-order valence-corrected chi connectivity index (χ3v) is 4.03. The molecule has 0 atom stereocenters. The highest BCUT2D eigenvalue weighted by Gasteiger charge is 2.21. The zero-order valence-electron chi connectivity index (χ0n) is 15.2. The van der Waals surface area contributed by atoms with Gasteiger partial charge in [0.1, 0.15) is 0 Å². The van der Waals surface area contributed by atoms with Crippen LogP contribution in [0.4, 0.5) is 5.69 Å². The number of imidazole rings is 1. The van der Waals surface area contributed by atoms with Crippen LogP contribution in [0, 0.1) is 0 Å². The molecule has 7 nitrogen and oxygen atoms in total. The second-order valence-electron chi connectivity index (χ2n) is 6.09. The van der Waals surface area contributed by atoms with Crippen molar-refractivity contribution in [2.75, 3.05) is 11.9 Å². The van der Waals surface area contributed by atoms with Crippen molar-refractivity contribution in [2.24, 2.45) is 0 Å². The molecule has 7 heteroatoms. The third kappa shape index (κ3) is 3.87. The molecule has 1 aromatic carbocycles. The van der Waals surface area contributed by atoms with E-state index in [0.29, 0.717) is 23.3 Å². The molecule has 0 saturated heterocycles. The number of amides is 2. The lowest BCUT2D eigenvalue weighted by atomic mass is 10.1. The van der Waals surface area contributed by atoms with Gasteiger partial charge < -0.3 is 10.6 Å². The van der Waals surface area contributed by atoms with Gasteiger partial charge >= 0.3 is 0 Å². The van der Waals surface area contributed by atoms with Crippen molar-refractivity contribution < 1.29 is 14.4 Å². The first-order chi connectivity index (χ1) is 13.0. The van der Waals surface area contributed by atoms with Crippen LogP contribution in [-0.4, -0.2) is 33.5 Å². The largest absolute Gasteiger partial charge is 0.351 e. The molecule has 2 heterocycles. The highest BCUT2D eigenvalue weighted by molar-refractivity contribution is 6.06. The molecule has 0 radical (unpaired) electrons. The first-order valence-corrected chi connectivity index (χ1v) is 8.69. The van der Waals surface area contributed by atoms with Gasteiger partial charge in [0, 0.05) is 24.0 Å². The number of Topliss-reactive ketones (excluding diaryl/α,β-unsaturated/α-hetero) is 1. The van der Waals surface area contributed by atoms with E-state index >= 15 is 0 Å². The van der Waals surface area contributed by atoms with Crippen molar-refractivity contribution in [2.45, 2.75) is 20.3 Å². The van der Waals surface area contributed by atoms with Gasteiger partial charge in [0.15, 0.2) is 11.5 Å². The van der Waals surface area contributed by atoms with Crippen molar-refractivity contribution >= 4 is 28.8 Å². The molecule has 0 unspecified atom stereocenters. The molecule has 3 rings (SSSR count). The number of aromatic nitrogens is 2. The van der Waals surface area contributed by atoms with E-state index in [9.17, 15) is 14.4 Å². The summed E-state index contributed by atoms with van der Waals surface area (Å²) >= 11 is 0. The Hall–Kier alpha value is -3.48. The minimum atomic E-state index is -0.466. The molecule has 0 aliphatic rings. The van der Waals surface area contributed by atoms with Gasteiger partial charge in [-0.1, -0.05) is 25.1 Å². The molecular formula is C20H20N4O3. The molecule has 138 valence electrons. The van der Waals surface area contributed by atoms with Gasteiger partial charge in [-0.3, -0.25) is 18.8 Å². The summed E-state index contributed by atoms with van der Waals surface area (Å²) in [5.74, 6) is -0.780. The lowest BCUT2D eigenvalue weighted by molar-refractivity contribution is 0.0949. The number of pyridine rings is 1. The van der Waals surface area contributed by atoms with Crippen LogP contribution in [0.15, 0.2) is 48.7 Å². The van der Waals surface area contributed by atoms with Crippen LogP contribution < -0.4 is 10.6 Å². The van der Waals surface area contributed by atoms with Gasteiger partial charge in [0.25, 0.3) is 11.8 Å². The predicted molar refractivity (Wildman–Crippen MR) is 102 cm³/mol. The SMILES string of the molecule is CCCNC(=O)c1nc(C(=O)Nc2cccc(C(C)=O)c2)n2ccccc12. The summed E-state index contributed by atoms with van der Waals surface area (Å²) in [5.41, 5.74) is 1.73. The summed E-state index contributed by atoms with van der Waals surface area (Å²) in [6.45, 7) is 3.95. The number of hydrogen-bond acceptors (Lipinski definition) is 4. The maximum absolute atomic E-state index is 12.7. The quantitative estimate of drug-likeness (QED) is 0.658. The molecule has 0 aliphatic carbocycles. The maximum atomic E-state index is 12.7. The van der Waals surface area contributed by atoms with E-state index in [-0.39, 0.29) is 23.2 Å². The van der Waals surface area contributed by atoms with E-state index in [1.54, 1.807) is 53.1 Å². The minimum absolute atomic E-state index is 0.0905. The summed E-state index contributed by atoms with van der Waals surface area (Å²) in [7, 11) is 0. The van der Waals surface area contributed by atoms with E-state index in [4.69, 9.17) is 0 Å². The summed E-state index contributed by atoms with van der Waals surface area (Å²) in [5, 5.41) is 5.51. The van der Waals surface area contributed by atoms with Crippen LogP contribution in [0.3, 0.4) is 0 Å². The number of hydrogen-bond donors (Lipinski definition) is 2. The average molecular weight is 364 g/mol. The Balaban J connectivity index is 1.94. The Morgan fingerprint density at radius 2 is 1.89 bits per heavy atom. The minimum Gasteiger partial charge on any atom is -0.351 e. The van der Waals surface area contributed by atoms with E-state index in [0.717, 1.165) is 6.42 Å². The van der Waals surface area contributed by atoms with Gasteiger partial charge in [0.05, 0.1) is 5.52 Å². The molecule has 2 amide bonds. The summed E-state index contributed by atoms with van der Waals surface area (Å²) in [4.78, 5) is 40.9. The van der Waals surface area contributed by atoms with E-state index < -0.39 is 5.91 Å². The fraction of sp³-hybridized carbons (Fsp3) is 0.200. The molecule has 0 spiro atoms. The molecule has 2 aromatic heterocycles. The Bertz CT molecular complexity index is 1020. The number of rotatable bonds is 6. The number of ketones is 1. The van der Waals surface area contributed by atoms with Crippen molar-refractivity contribution in [3.8, 4) is 0 Å². The van der Waals surface area contributed by atoms with Crippen LogP contribution in [0.2, 0.25) is 0 Å².